The molecule has 4 nitrogen and oxygen atoms in total. The number of rotatable bonds is 3. The zero-order valence-corrected chi connectivity index (χ0v) is 13.1. The van der Waals surface area contributed by atoms with Crippen LogP contribution in [0.2, 0.25) is 0 Å². The number of urea groups is 1. The van der Waals surface area contributed by atoms with E-state index >= 15 is 0 Å². The van der Waals surface area contributed by atoms with E-state index in [0.717, 1.165) is 51.6 Å². The predicted molar refractivity (Wildman–Crippen MR) is 86.8 cm³/mol. The Kier molecular flexibility index (Phi) is 4.98. The molecule has 1 heterocycles. The highest BCUT2D eigenvalue weighted by molar-refractivity contribution is 5.74. The molecule has 2 amide bonds. The molecule has 22 heavy (non-hydrogen) atoms. The van der Waals surface area contributed by atoms with Gasteiger partial charge in [0.1, 0.15) is 0 Å². The average molecular weight is 302 g/mol. The van der Waals surface area contributed by atoms with E-state index in [0.29, 0.717) is 5.92 Å². The number of amides is 2. The number of hydrogen-bond acceptors (Lipinski definition) is 2. The Hall–Kier alpha value is -1.55. The van der Waals surface area contributed by atoms with Crippen LogP contribution in [0, 0.1) is 5.92 Å². The van der Waals surface area contributed by atoms with Crippen molar-refractivity contribution in [2.45, 2.75) is 44.6 Å². The van der Waals surface area contributed by atoms with Gasteiger partial charge in [-0.25, -0.2) is 4.79 Å². The highest BCUT2D eigenvalue weighted by atomic mass is 16.3. The van der Waals surface area contributed by atoms with E-state index in [1.54, 1.807) is 0 Å². The Morgan fingerprint density at radius 2 is 1.86 bits per heavy atom. The maximum Gasteiger partial charge on any atom is 0.317 e. The van der Waals surface area contributed by atoms with Crippen molar-refractivity contribution < 1.29 is 9.90 Å². The summed E-state index contributed by atoms with van der Waals surface area (Å²) in [5, 5.41) is 12.4. The van der Waals surface area contributed by atoms with Gasteiger partial charge in [0.25, 0.3) is 0 Å². The maximum absolute atomic E-state index is 12.6. The average Bonchev–Trinajstić information content (AvgIpc) is 2.84. The van der Waals surface area contributed by atoms with Crippen LogP contribution in [-0.4, -0.2) is 41.8 Å². The lowest BCUT2D eigenvalue weighted by molar-refractivity contribution is 0.188. The third-order valence-corrected chi connectivity index (χ3v) is 5.18. The van der Waals surface area contributed by atoms with Crippen LogP contribution in [0.3, 0.4) is 0 Å². The minimum Gasteiger partial charge on any atom is -0.396 e. The summed E-state index contributed by atoms with van der Waals surface area (Å²) >= 11 is 0. The lowest BCUT2D eigenvalue weighted by Crippen LogP contribution is -2.47. The molecule has 0 unspecified atom stereocenters. The van der Waals surface area contributed by atoms with Crippen molar-refractivity contribution in [1.82, 2.24) is 10.2 Å². The Morgan fingerprint density at radius 3 is 2.50 bits per heavy atom. The predicted octanol–water partition coefficient (Wildman–Crippen LogP) is 2.35. The fourth-order valence-electron chi connectivity index (χ4n) is 3.86. The molecule has 2 aliphatic rings. The number of benzene rings is 1. The van der Waals surface area contributed by atoms with Gasteiger partial charge in [-0.15, -0.1) is 0 Å². The van der Waals surface area contributed by atoms with Crippen LogP contribution < -0.4 is 5.32 Å². The topological polar surface area (TPSA) is 52.6 Å². The van der Waals surface area contributed by atoms with Crippen molar-refractivity contribution in [1.29, 1.82) is 0 Å². The first-order chi connectivity index (χ1) is 10.8. The molecular weight excluding hydrogens is 276 g/mol. The molecule has 2 atom stereocenters. The van der Waals surface area contributed by atoms with Crippen LogP contribution in [0.1, 0.15) is 36.8 Å². The lowest BCUT2D eigenvalue weighted by Gasteiger charge is -2.26. The zero-order valence-electron chi connectivity index (χ0n) is 13.1. The second kappa shape index (κ2) is 7.14. The molecule has 1 aliphatic carbocycles. The van der Waals surface area contributed by atoms with E-state index in [-0.39, 0.29) is 18.7 Å². The molecule has 2 N–H and O–H groups in total. The third kappa shape index (κ3) is 3.43. The zero-order chi connectivity index (χ0) is 15.4. The largest absolute Gasteiger partial charge is 0.396 e. The van der Waals surface area contributed by atoms with E-state index < -0.39 is 0 Å². The van der Waals surface area contributed by atoms with Gasteiger partial charge in [-0.1, -0.05) is 30.7 Å². The fraction of sp³-hybridized carbons (Fsp3) is 0.611. The molecule has 1 aromatic carbocycles. The monoisotopic (exact) mass is 302 g/mol. The summed E-state index contributed by atoms with van der Waals surface area (Å²) in [6, 6.07) is 8.81. The van der Waals surface area contributed by atoms with E-state index in [1.165, 1.54) is 11.1 Å². The van der Waals surface area contributed by atoms with Crippen LogP contribution in [0.5, 0.6) is 0 Å². The van der Waals surface area contributed by atoms with Crippen LogP contribution in [0.15, 0.2) is 24.3 Å². The van der Waals surface area contributed by atoms with Gasteiger partial charge in [-0.05, 0) is 49.1 Å². The smallest absolute Gasteiger partial charge is 0.317 e. The molecule has 4 heteroatoms. The molecule has 0 aromatic heterocycles. The van der Waals surface area contributed by atoms with Crippen LogP contribution in [-0.2, 0) is 12.8 Å². The second-order valence-electron chi connectivity index (χ2n) is 6.52. The Bertz CT molecular complexity index is 491. The molecule has 1 saturated carbocycles. The van der Waals surface area contributed by atoms with Crippen molar-refractivity contribution in [3.63, 3.8) is 0 Å². The molecular formula is C18H26N2O2. The number of nitrogens with one attached hydrogen (secondary N) is 1. The van der Waals surface area contributed by atoms with Crippen molar-refractivity contribution in [2.75, 3.05) is 19.7 Å². The van der Waals surface area contributed by atoms with E-state index in [4.69, 9.17) is 5.11 Å². The summed E-state index contributed by atoms with van der Waals surface area (Å²) in [6.45, 7) is 1.80. The molecule has 0 radical (unpaired) electrons. The van der Waals surface area contributed by atoms with Gasteiger partial charge >= 0.3 is 6.03 Å². The van der Waals surface area contributed by atoms with E-state index in [9.17, 15) is 4.79 Å². The van der Waals surface area contributed by atoms with E-state index in [1.807, 2.05) is 4.90 Å². The van der Waals surface area contributed by atoms with E-state index in [2.05, 4.69) is 29.6 Å². The summed E-state index contributed by atoms with van der Waals surface area (Å²) < 4.78 is 0. The van der Waals surface area contributed by atoms with Crippen LogP contribution >= 0.6 is 0 Å². The number of hydrogen-bond donors (Lipinski definition) is 2. The van der Waals surface area contributed by atoms with Crippen LogP contribution in [0.25, 0.3) is 0 Å². The summed E-state index contributed by atoms with van der Waals surface area (Å²) in [5.41, 5.74) is 2.74. The first-order valence-corrected chi connectivity index (χ1v) is 8.51. The normalized spacial score (nSPS) is 24.7. The number of nitrogens with zero attached hydrogens (tertiary/aromatic N) is 1. The summed E-state index contributed by atoms with van der Waals surface area (Å²) in [6.07, 6.45) is 6.00. The standard InChI is InChI=1S/C18H26N2O2/c21-13-10-16-6-3-7-17(16)19-18(22)20-11-8-14-4-1-2-5-15(14)9-12-20/h1-2,4-5,16-17,21H,3,6-13H2,(H,19,22)/t16-,17-/m0/s1. The van der Waals surface area contributed by atoms with Crippen molar-refractivity contribution in [3.05, 3.63) is 35.4 Å². The van der Waals surface area contributed by atoms with Crippen molar-refractivity contribution in [3.8, 4) is 0 Å². The first-order valence-electron chi connectivity index (χ1n) is 8.51. The number of carbonyl (C=O) groups is 1. The number of aliphatic hydroxyl groups excluding tert-OH is 1. The molecule has 1 fully saturated rings. The molecule has 1 aliphatic heterocycles. The van der Waals surface area contributed by atoms with Gasteiger partial charge in [0.2, 0.25) is 0 Å². The molecule has 120 valence electrons. The van der Waals surface area contributed by atoms with Crippen molar-refractivity contribution in [2.24, 2.45) is 5.92 Å². The quantitative estimate of drug-likeness (QED) is 0.900. The minimum absolute atomic E-state index is 0.0719. The highest BCUT2D eigenvalue weighted by Crippen LogP contribution is 2.28. The summed E-state index contributed by atoms with van der Waals surface area (Å²) in [4.78, 5) is 14.5. The Labute approximate surface area is 132 Å². The molecule has 0 saturated heterocycles. The fourth-order valence-corrected chi connectivity index (χ4v) is 3.86. The Morgan fingerprint density at radius 1 is 1.18 bits per heavy atom. The van der Waals surface area contributed by atoms with Gasteiger partial charge in [0, 0.05) is 25.7 Å². The molecule has 0 bridgehead atoms. The molecule has 3 rings (SSSR count). The van der Waals surface area contributed by atoms with Gasteiger partial charge in [0.15, 0.2) is 0 Å². The minimum atomic E-state index is 0.0719. The number of carbonyl (C=O) groups excluding carboxylic acids is 1. The summed E-state index contributed by atoms with van der Waals surface area (Å²) in [7, 11) is 0. The second-order valence-corrected chi connectivity index (χ2v) is 6.52. The SMILES string of the molecule is O=C(N[C@H]1CCC[C@H]1CCO)N1CCc2ccccc2CC1. The molecule has 1 aromatic rings. The van der Waals surface area contributed by atoms with Crippen molar-refractivity contribution >= 4 is 6.03 Å². The number of aliphatic hydroxyl groups is 1. The highest BCUT2D eigenvalue weighted by Gasteiger charge is 2.29. The first kappa shape index (κ1) is 15.3. The number of fused-ring (bicyclic) bond motifs is 1. The van der Waals surface area contributed by atoms with Gasteiger partial charge in [-0.2, -0.15) is 0 Å². The lowest BCUT2D eigenvalue weighted by atomic mass is 10.0. The van der Waals surface area contributed by atoms with Gasteiger partial charge in [-0.3, -0.25) is 0 Å². The Balaban J connectivity index is 1.57. The molecule has 0 spiro atoms. The van der Waals surface area contributed by atoms with Gasteiger partial charge in [0.05, 0.1) is 0 Å². The van der Waals surface area contributed by atoms with Gasteiger partial charge < -0.3 is 15.3 Å². The third-order valence-electron chi connectivity index (χ3n) is 5.18. The maximum atomic E-state index is 12.6. The van der Waals surface area contributed by atoms with Crippen LogP contribution in [0.4, 0.5) is 4.79 Å². The summed E-state index contributed by atoms with van der Waals surface area (Å²) in [5.74, 6) is 0.443.